The Balaban J connectivity index is 1.95. The Morgan fingerprint density at radius 2 is 1.86 bits per heavy atom. The lowest BCUT2D eigenvalue weighted by atomic mass is 10.2. The highest BCUT2D eigenvalue weighted by molar-refractivity contribution is 5.89. The molecule has 5 nitrogen and oxygen atoms in total. The third kappa shape index (κ3) is 3.62. The molecule has 112 valence electrons. The van der Waals surface area contributed by atoms with E-state index in [1.165, 1.54) is 5.56 Å². The highest BCUT2D eigenvalue weighted by Gasteiger charge is 2.11. The maximum atomic E-state index is 11.9. The Morgan fingerprint density at radius 3 is 2.43 bits per heavy atom. The number of aryl methyl sites for hydroxylation is 3. The SMILES string of the molecule is CCn1nc(C)c(CNC(=O)Nc2ccc(C)cc2)c1C. The van der Waals surface area contributed by atoms with E-state index in [1.54, 1.807) is 0 Å². The molecule has 1 aromatic carbocycles. The predicted octanol–water partition coefficient (Wildman–Crippen LogP) is 3.15. The van der Waals surface area contributed by atoms with Gasteiger partial charge in [0, 0.05) is 30.0 Å². The number of aromatic nitrogens is 2. The lowest BCUT2D eigenvalue weighted by Crippen LogP contribution is -2.28. The monoisotopic (exact) mass is 286 g/mol. The molecule has 0 aliphatic heterocycles. The first-order chi connectivity index (χ1) is 10.0. The minimum absolute atomic E-state index is 0.207. The van der Waals surface area contributed by atoms with Crippen LogP contribution in [0.2, 0.25) is 0 Å². The van der Waals surface area contributed by atoms with Crippen LogP contribution in [0.5, 0.6) is 0 Å². The number of benzene rings is 1. The number of carbonyl (C=O) groups excluding carboxylic acids is 1. The van der Waals surface area contributed by atoms with Crippen molar-refractivity contribution in [1.29, 1.82) is 0 Å². The summed E-state index contributed by atoms with van der Waals surface area (Å²) in [5.74, 6) is 0. The molecule has 0 aliphatic carbocycles. The molecule has 0 saturated carbocycles. The number of hydrogen-bond acceptors (Lipinski definition) is 2. The fourth-order valence-electron chi connectivity index (χ4n) is 2.28. The van der Waals surface area contributed by atoms with Crippen LogP contribution in [-0.2, 0) is 13.1 Å². The van der Waals surface area contributed by atoms with Crippen LogP contribution in [0.25, 0.3) is 0 Å². The lowest BCUT2D eigenvalue weighted by Gasteiger charge is -2.08. The number of nitrogens with zero attached hydrogens (tertiary/aromatic N) is 2. The Morgan fingerprint density at radius 1 is 1.19 bits per heavy atom. The van der Waals surface area contributed by atoms with Gasteiger partial charge in [0.25, 0.3) is 0 Å². The van der Waals surface area contributed by atoms with Crippen LogP contribution in [0, 0.1) is 20.8 Å². The van der Waals surface area contributed by atoms with Crippen molar-refractivity contribution in [2.24, 2.45) is 0 Å². The summed E-state index contributed by atoms with van der Waals surface area (Å²) < 4.78 is 1.95. The average Bonchev–Trinajstić information content (AvgIpc) is 2.74. The molecule has 2 aromatic rings. The number of nitrogens with one attached hydrogen (secondary N) is 2. The van der Waals surface area contributed by atoms with Gasteiger partial charge in [-0.2, -0.15) is 5.10 Å². The molecular formula is C16H22N4O. The minimum atomic E-state index is -0.207. The molecule has 2 N–H and O–H groups in total. The van der Waals surface area contributed by atoms with Crippen molar-refractivity contribution in [3.8, 4) is 0 Å². The van der Waals surface area contributed by atoms with E-state index in [1.807, 2.05) is 49.7 Å². The third-order valence-corrected chi connectivity index (χ3v) is 3.57. The maximum Gasteiger partial charge on any atom is 0.319 e. The quantitative estimate of drug-likeness (QED) is 0.907. The van der Waals surface area contributed by atoms with Gasteiger partial charge < -0.3 is 10.6 Å². The molecule has 0 unspecified atom stereocenters. The summed E-state index contributed by atoms with van der Waals surface area (Å²) in [5, 5.41) is 10.1. The van der Waals surface area contributed by atoms with E-state index in [0.29, 0.717) is 6.54 Å². The van der Waals surface area contributed by atoms with Gasteiger partial charge in [0.2, 0.25) is 0 Å². The highest BCUT2D eigenvalue weighted by Crippen LogP contribution is 2.13. The van der Waals surface area contributed by atoms with Crippen LogP contribution in [0.4, 0.5) is 10.5 Å². The molecule has 0 spiro atoms. The standard InChI is InChI=1S/C16H22N4O/c1-5-20-13(4)15(12(3)19-20)10-17-16(21)18-14-8-6-11(2)7-9-14/h6-9H,5,10H2,1-4H3,(H2,17,18,21). The maximum absolute atomic E-state index is 11.9. The fourth-order valence-corrected chi connectivity index (χ4v) is 2.28. The zero-order valence-corrected chi connectivity index (χ0v) is 13.0. The van der Waals surface area contributed by atoms with Crippen molar-refractivity contribution in [2.45, 2.75) is 40.8 Å². The van der Waals surface area contributed by atoms with Gasteiger partial charge in [0.1, 0.15) is 0 Å². The molecule has 0 bridgehead atoms. The van der Waals surface area contributed by atoms with Gasteiger partial charge in [-0.3, -0.25) is 4.68 Å². The van der Waals surface area contributed by atoms with Crippen molar-refractivity contribution in [3.05, 3.63) is 46.8 Å². The summed E-state index contributed by atoms with van der Waals surface area (Å²) in [6.45, 7) is 9.38. The van der Waals surface area contributed by atoms with E-state index in [4.69, 9.17) is 0 Å². The highest BCUT2D eigenvalue weighted by atomic mass is 16.2. The summed E-state index contributed by atoms with van der Waals surface area (Å²) >= 11 is 0. The zero-order chi connectivity index (χ0) is 15.4. The first-order valence-corrected chi connectivity index (χ1v) is 7.15. The van der Waals surface area contributed by atoms with Crippen LogP contribution in [-0.4, -0.2) is 15.8 Å². The van der Waals surface area contributed by atoms with Gasteiger partial charge in [-0.05, 0) is 39.8 Å². The van der Waals surface area contributed by atoms with Crippen LogP contribution >= 0.6 is 0 Å². The molecule has 0 aliphatic rings. The van der Waals surface area contributed by atoms with Crippen molar-refractivity contribution in [2.75, 3.05) is 5.32 Å². The normalized spacial score (nSPS) is 10.5. The Labute approximate surface area is 125 Å². The average molecular weight is 286 g/mol. The molecular weight excluding hydrogens is 264 g/mol. The summed E-state index contributed by atoms with van der Waals surface area (Å²) in [4.78, 5) is 11.9. The predicted molar refractivity (Wildman–Crippen MR) is 84.4 cm³/mol. The number of urea groups is 1. The molecule has 1 aromatic heterocycles. The Kier molecular flexibility index (Phi) is 4.62. The van der Waals surface area contributed by atoms with Gasteiger partial charge in [0.05, 0.1) is 5.69 Å². The number of rotatable bonds is 4. The van der Waals surface area contributed by atoms with Gasteiger partial charge in [-0.15, -0.1) is 0 Å². The minimum Gasteiger partial charge on any atom is -0.334 e. The van der Waals surface area contributed by atoms with Gasteiger partial charge >= 0.3 is 6.03 Å². The second-order valence-electron chi connectivity index (χ2n) is 5.14. The Hall–Kier alpha value is -2.30. The number of hydrogen-bond donors (Lipinski definition) is 2. The van der Waals surface area contributed by atoms with Crippen LogP contribution in [0.1, 0.15) is 29.4 Å². The zero-order valence-electron chi connectivity index (χ0n) is 13.0. The van der Waals surface area contributed by atoms with Crippen molar-refractivity contribution < 1.29 is 4.79 Å². The second kappa shape index (κ2) is 6.43. The molecule has 5 heteroatoms. The van der Waals surface area contributed by atoms with E-state index in [9.17, 15) is 4.79 Å². The van der Waals surface area contributed by atoms with Crippen LogP contribution < -0.4 is 10.6 Å². The first-order valence-electron chi connectivity index (χ1n) is 7.15. The van der Waals surface area contributed by atoms with Crippen molar-refractivity contribution in [1.82, 2.24) is 15.1 Å². The summed E-state index contributed by atoms with van der Waals surface area (Å²) in [6, 6.07) is 7.51. The van der Waals surface area contributed by atoms with E-state index in [2.05, 4.69) is 22.7 Å². The van der Waals surface area contributed by atoms with Gasteiger partial charge in [-0.25, -0.2) is 4.79 Å². The number of amides is 2. The van der Waals surface area contributed by atoms with E-state index in [0.717, 1.165) is 29.2 Å². The van der Waals surface area contributed by atoms with Gasteiger partial charge in [0.15, 0.2) is 0 Å². The molecule has 0 saturated heterocycles. The fraction of sp³-hybridized carbons (Fsp3) is 0.375. The molecule has 0 atom stereocenters. The third-order valence-electron chi connectivity index (χ3n) is 3.57. The number of carbonyl (C=O) groups is 1. The molecule has 0 radical (unpaired) electrons. The molecule has 2 rings (SSSR count). The second-order valence-corrected chi connectivity index (χ2v) is 5.14. The largest absolute Gasteiger partial charge is 0.334 e. The molecule has 2 amide bonds. The molecule has 1 heterocycles. The smallest absolute Gasteiger partial charge is 0.319 e. The number of anilines is 1. The van der Waals surface area contributed by atoms with Crippen molar-refractivity contribution >= 4 is 11.7 Å². The Bertz CT molecular complexity index is 628. The van der Waals surface area contributed by atoms with Gasteiger partial charge in [-0.1, -0.05) is 17.7 Å². The van der Waals surface area contributed by atoms with Crippen LogP contribution in [0.3, 0.4) is 0 Å². The summed E-state index contributed by atoms with van der Waals surface area (Å²) in [6.07, 6.45) is 0. The summed E-state index contributed by atoms with van der Waals surface area (Å²) in [5.41, 5.74) is 5.10. The van der Waals surface area contributed by atoms with E-state index in [-0.39, 0.29) is 6.03 Å². The lowest BCUT2D eigenvalue weighted by molar-refractivity contribution is 0.251. The first kappa shape index (κ1) is 15.1. The summed E-state index contributed by atoms with van der Waals surface area (Å²) in [7, 11) is 0. The van der Waals surface area contributed by atoms with E-state index >= 15 is 0 Å². The van der Waals surface area contributed by atoms with Crippen molar-refractivity contribution in [3.63, 3.8) is 0 Å². The van der Waals surface area contributed by atoms with E-state index < -0.39 is 0 Å². The molecule has 0 fully saturated rings. The topological polar surface area (TPSA) is 59.0 Å². The van der Waals surface area contributed by atoms with Crippen LogP contribution in [0.15, 0.2) is 24.3 Å². The molecule has 21 heavy (non-hydrogen) atoms.